The van der Waals surface area contributed by atoms with Crippen molar-refractivity contribution in [2.75, 3.05) is 5.75 Å². The fourth-order valence-electron chi connectivity index (χ4n) is 2.12. The molecule has 2 rings (SSSR count). The maximum atomic E-state index is 9.57. The number of nitriles is 1. The lowest BCUT2D eigenvalue weighted by molar-refractivity contribution is 0.370. The second kappa shape index (κ2) is 5.29. The first-order valence-electron chi connectivity index (χ1n) is 6.23. The zero-order valence-electron chi connectivity index (χ0n) is 11.1. The van der Waals surface area contributed by atoms with Crippen molar-refractivity contribution in [3.8, 4) is 6.07 Å². The van der Waals surface area contributed by atoms with Gasteiger partial charge in [0.2, 0.25) is 0 Å². The maximum absolute atomic E-state index is 9.57. The van der Waals surface area contributed by atoms with Crippen molar-refractivity contribution in [3.63, 3.8) is 0 Å². The number of aromatic nitrogens is 3. The van der Waals surface area contributed by atoms with Crippen molar-refractivity contribution in [3.05, 3.63) is 6.33 Å². The molecule has 1 fully saturated rings. The van der Waals surface area contributed by atoms with Crippen molar-refractivity contribution < 1.29 is 0 Å². The van der Waals surface area contributed by atoms with Crippen LogP contribution in [-0.4, -0.2) is 32.1 Å². The summed E-state index contributed by atoms with van der Waals surface area (Å²) < 4.78 is 1.75. The van der Waals surface area contributed by atoms with E-state index in [1.807, 2.05) is 7.05 Å². The maximum Gasteiger partial charge on any atom is 0.185 e. The molecule has 0 aliphatic heterocycles. The van der Waals surface area contributed by atoms with Gasteiger partial charge in [-0.2, -0.15) is 10.4 Å². The average molecular weight is 265 g/mol. The van der Waals surface area contributed by atoms with Crippen LogP contribution in [0.4, 0.5) is 0 Å². The fourth-order valence-corrected chi connectivity index (χ4v) is 3.22. The molecule has 0 spiro atoms. The SMILES string of the molecule is CC(C)NC(C#N)(CSc1ncnn1C)C1CC1. The summed E-state index contributed by atoms with van der Waals surface area (Å²) in [5, 5.41) is 17.9. The molecule has 1 aromatic rings. The molecular formula is C12H19N5S. The molecule has 18 heavy (non-hydrogen) atoms. The number of nitrogens with one attached hydrogen (secondary N) is 1. The minimum Gasteiger partial charge on any atom is -0.296 e. The molecule has 1 aromatic heterocycles. The van der Waals surface area contributed by atoms with Gasteiger partial charge in [0, 0.05) is 18.8 Å². The van der Waals surface area contributed by atoms with Crippen molar-refractivity contribution in [2.45, 2.75) is 43.4 Å². The van der Waals surface area contributed by atoms with Crippen LogP contribution in [-0.2, 0) is 7.05 Å². The van der Waals surface area contributed by atoms with E-state index in [4.69, 9.17) is 0 Å². The van der Waals surface area contributed by atoms with Crippen LogP contribution in [0.15, 0.2) is 11.5 Å². The predicted molar refractivity (Wildman–Crippen MR) is 71.1 cm³/mol. The largest absolute Gasteiger partial charge is 0.296 e. The molecule has 1 aliphatic rings. The third-order valence-corrected chi connectivity index (χ3v) is 4.35. The lowest BCUT2D eigenvalue weighted by atomic mass is 9.96. The molecule has 1 aliphatic carbocycles. The van der Waals surface area contributed by atoms with Crippen LogP contribution >= 0.6 is 11.8 Å². The highest BCUT2D eigenvalue weighted by molar-refractivity contribution is 7.99. The van der Waals surface area contributed by atoms with Gasteiger partial charge < -0.3 is 0 Å². The first kappa shape index (κ1) is 13.4. The monoisotopic (exact) mass is 265 g/mol. The van der Waals surface area contributed by atoms with Gasteiger partial charge >= 0.3 is 0 Å². The molecule has 1 saturated carbocycles. The van der Waals surface area contributed by atoms with Crippen LogP contribution in [0.5, 0.6) is 0 Å². The van der Waals surface area contributed by atoms with Gasteiger partial charge in [-0.05, 0) is 32.6 Å². The molecule has 0 aromatic carbocycles. The Morgan fingerprint density at radius 3 is 2.83 bits per heavy atom. The van der Waals surface area contributed by atoms with E-state index in [-0.39, 0.29) is 0 Å². The normalized spacial score (nSPS) is 18.6. The van der Waals surface area contributed by atoms with E-state index >= 15 is 0 Å². The topological polar surface area (TPSA) is 66.5 Å². The first-order chi connectivity index (χ1) is 8.57. The molecule has 1 atom stereocenters. The number of nitrogens with zero attached hydrogens (tertiary/aromatic N) is 4. The Labute approximate surface area is 112 Å². The summed E-state index contributed by atoms with van der Waals surface area (Å²) in [5.74, 6) is 1.20. The van der Waals surface area contributed by atoms with E-state index < -0.39 is 5.54 Å². The number of hydrogen-bond donors (Lipinski definition) is 1. The smallest absolute Gasteiger partial charge is 0.185 e. The average Bonchev–Trinajstić information content (AvgIpc) is 3.09. The van der Waals surface area contributed by atoms with Crippen LogP contribution in [0, 0.1) is 17.2 Å². The number of aryl methyl sites for hydroxylation is 1. The highest BCUT2D eigenvalue weighted by atomic mass is 32.2. The van der Waals surface area contributed by atoms with Gasteiger partial charge in [-0.3, -0.25) is 5.32 Å². The Kier molecular flexibility index (Phi) is 3.93. The highest BCUT2D eigenvalue weighted by Gasteiger charge is 2.46. The summed E-state index contributed by atoms with van der Waals surface area (Å²) in [4.78, 5) is 4.19. The molecule has 5 nitrogen and oxygen atoms in total. The van der Waals surface area contributed by atoms with E-state index in [9.17, 15) is 5.26 Å². The lowest BCUT2D eigenvalue weighted by Crippen LogP contribution is -2.51. The molecule has 1 N–H and O–H groups in total. The molecular weight excluding hydrogens is 246 g/mol. The fraction of sp³-hybridized carbons (Fsp3) is 0.750. The number of rotatable bonds is 6. The van der Waals surface area contributed by atoms with E-state index in [0.717, 1.165) is 23.8 Å². The molecule has 98 valence electrons. The molecule has 0 bridgehead atoms. The van der Waals surface area contributed by atoms with E-state index in [0.29, 0.717) is 12.0 Å². The first-order valence-corrected chi connectivity index (χ1v) is 7.21. The molecule has 0 saturated heterocycles. The van der Waals surface area contributed by atoms with Crippen molar-refractivity contribution in [1.82, 2.24) is 20.1 Å². The molecule has 0 radical (unpaired) electrons. The number of hydrogen-bond acceptors (Lipinski definition) is 5. The third kappa shape index (κ3) is 2.85. The van der Waals surface area contributed by atoms with Gasteiger partial charge in [0.05, 0.1) is 6.07 Å². The number of thioether (sulfide) groups is 1. The zero-order valence-corrected chi connectivity index (χ0v) is 11.9. The Bertz CT molecular complexity index is 446. The van der Waals surface area contributed by atoms with Gasteiger partial charge in [-0.25, -0.2) is 9.67 Å². The summed E-state index contributed by atoms with van der Waals surface area (Å²) in [7, 11) is 1.87. The van der Waals surface area contributed by atoms with E-state index in [1.54, 1.807) is 22.8 Å². The third-order valence-electron chi connectivity index (χ3n) is 3.12. The van der Waals surface area contributed by atoms with Crippen LogP contribution in [0.25, 0.3) is 0 Å². The Morgan fingerprint density at radius 1 is 1.67 bits per heavy atom. The van der Waals surface area contributed by atoms with E-state index in [2.05, 4.69) is 35.3 Å². The molecule has 0 amide bonds. The second-order valence-electron chi connectivity index (χ2n) is 5.11. The summed E-state index contributed by atoms with van der Waals surface area (Å²) in [6.07, 6.45) is 3.84. The van der Waals surface area contributed by atoms with Gasteiger partial charge in [0.1, 0.15) is 11.9 Å². The van der Waals surface area contributed by atoms with Crippen molar-refractivity contribution in [2.24, 2.45) is 13.0 Å². The summed E-state index contributed by atoms with van der Waals surface area (Å²) in [6, 6.07) is 2.81. The van der Waals surface area contributed by atoms with Crippen LogP contribution in [0.2, 0.25) is 0 Å². The van der Waals surface area contributed by atoms with Crippen LogP contribution in [0.3, 0.4) is 0 Å². The summed E-state index contributed by atoms with van der Waals surface area (Å²) >= 11 is 1.60. The molecule has 6 heteroatoms. The Balaban J connectivity index is 2.06. The Hall–Kier alpha value is -1.06. The zero-order chi connectivity index (χ0) is 13.2. The minimum atomic E-state index is -0.426. The highest BCUT2D eigenvalue weighted by Crippen LogP contribution is 2.42. The summed E-state index contributed by atoms with van der Waals surface area (Å²) in [5.41, 5.74) is -0.426. The standard InChI is InChI=1S/C12H19N5S/c1-9(2)16-12(6-13,10-4-5-10)7-18-11-14-8-15-17(11)3/h8-10,16H,4-5,7H2,1-3H3. The molecule has 1 unspecified atom stereocenters. The molecule has 1 heterocycles. The minimum absolute atomic E-state index is 0.311. The van der Waals surface area contributed by atoms with Crippen LogP contribution in [0.1, 0.15) is 26.7 Å². The van der Waals surface area contributed by atoms with Crippen molar-refractivity contribution in [1.29, 1.82) is 5.26 Å². The van der Waals surface area contributed by atoms with Gasteiger partial charge in [-0.1, -0.05) is 11.8 Å². The summed E-state index contributed by atoms with van der Waals surface area (Å²) in [6.45, 7) is 4.17. The lowest BCUT2D eigenvalue weighted by Gasteiger charge is -2.29. The Morgan fingerprint density at radius 2 is 2.39 bits per heavy atom. The second-order valence-corrected chi connectivity index (χ2v) is 6.05. The van der Waals surface area contributed by atoms with Gasteiger partial charge in [0.25, 0.3) is 0 Å². The van der Waals surface area contributed by atoms with E-state index in [1.165, 1.54) is 0 Å². The van der Waals surface area contributed by atoms with Crippen LogP contribution < -0.4 is 5.32 Å². The quantitative estimate of drug-likeness (QED) is 0.791. The van der Waals surface area contributed by atoms with Gasteiger partial charge in [0.15, 0.2) is 5.16 Å². The van der Waals surface area contributed by atoms with Gasteiger partial charge in [-0.15, -0.1) is 0 Å². The predicted octanol–water partition coefficient (Wildman–Crippen LogP) is 1.58. The van der Waals surface area contributed by atoms with Crippen molar-refractivity contribution >= 4 is 11.8 Å².